The molecule has 0 bridgehead atoms. The van der Waals surface area contributed by atoms with Crippen molar-refractivity contribution in [3.63, 3.8) is 0 Å². The van der Waals surface area contributed by atoms with Gasteiger partial charge in [0.1, 0.15) is 18.0 Å². The number of nitrogens with one attached hydrogen (secondary N) is 1. The molecule has 1 N–H and O–H groups in total. The van der Waals surface area contributed by atoms with E-state index in [2.05, 4.69) is 5.32 Å². The van der Waals surface area contributed by atoms with Crippen molar-refractivity contribution in [3.8, 4) is 5.75 Å². The third-order valence-electron chi connectivity index (χ3n) is 8.16. The van der Waals surface area contributed by atoms with Crippen LogP contribution in [0.4, 0.5) is 10.5 Å². The molecule has 0 radical (unpaired) electrons. The van der Waals surface area contributed by atoms with Gasteiger partial charge in [0.05, 0.1) is 19.3 Å². The van der Waals surface area contributed by atoms with Crippen molar-refractivity contribution in [2.24, 2.45) is 5.41 Å². The molecule has 4 aromatic rings. The summed E-state index contributed by atoms with van der Waals surface area (Å²) in [6.45, 7) is 6.25. The van der Waals surface area contributed by atoms with Crippen LogP contribution in [0, 0.1) is 5.41 Å². The summed E-state index contributed by atoms with van der Waals surface area (Å²) in [6.07, 6.45) is -0.990. The molecule has 49 heavy (non-hydrogen) atoms. The number of methoxy groups -OCH3 is 1. The Morgan fingerprint density at radius 1 is 0.837 bits per heavy atom. The van der Waals surface area contributed by atoms with E-state index in [4.69, 9.17) is 25.8 Å². The van der Waals surface area contributed by atoms with Gasteiger partial charge >= 0.3 is 12.1 Å². The summed E-state index contributed by atoms with van der Waals surface area (Å²) in [6, 6.07) is 29.4. The SMILES string of the molecule is COc1ccc(COC(=O)C(C)(C(=O)Sc2ccc(Cl)cc2)C2(NC(=O)OC(C)(C)C)C(=O)N(Cc3ccccc3)c3ccccc32)cc1. The normalized spacial score (nSPS) is 16.7. The van der Waals surface area contributed by atoms with Crippen LogP contribution in [0.5, 0.6) is 5.75 Å². The second-order valence-electron chi connectivity index (χ2n) is 12.7. The van der Waals surface area contributed by atoms with E-state index in [1.54, 1.807) is 101 Å². The largest absolute Gasteiger partial charge is 0.497 e. The van der Waals surface area contributed by atoms with E-state index < -0.39 is 39.6 Å². The molecule has 9 nitrogen and oxygen atoms in total. The molecular weight excluding hydrogens is 664 g/mol. The van der Waals surface area contributed by atoms with E-state index >= 15 is 4.79 Å². The number of alkyl carbamates (subject to hydrolysis) is 1. The van der Waals surface area contributed by atoms with Crippen LogP contribution >= 0.6 is 23.4 Å². The highest BCUT2D eigenvalue weighted by Crippen LogP contribution is 2.54. The lowest BCUT2D eigenvalue weighted by molar-refractivity contribution is -0.167. The summed E-state index contributed by atoms with van der Waals surface area (Å²) in [7, 11) is 1.54. The number of hydrogen-bond acceptors (Lipinski definition) is 8. The van der Waals surface area contributed by atoms with Gasteiger partial charge in [-0.2, -0.15) is 0 Å². The van der Waals surface area contributed by atoms with Gasteiger partial charge in [-0.1, -0.05) is 84.0 Å². The van der Waals surface area contributed by atoms with Gasteiger partial charge in [0.15, 0.2) is 11.0 Å². The zero-order valence-electron chi connectivity index (χ0n) is 27.8. The van der Waals surface area contributed by atoms with Crippen molar-refractivity contribution in [2.45, 2.75) is 56.9 Å². The average Bonchev–Trinajstić information content (AvgIpc) is 3.31. The van der Waals surface area contributed by atoms with Crippen molar-refractivity contribution in [3.05, 3.63) is 125 Å². The van der Waals surface area contributed by atoms with Crippen LogP contribution in [0.1, 0.15) is 44.4 Å². The van der Waals surface area contributed by atoms with Gasteiger partial charge in [-0.05, 0) is 81.3 Å². The number of rotatable bonds is 10. The number of carbonyl (C=O) groups excluding carboxylic acids is 4. The first-order valence-electron chi connectivity index (χ1n) is 15.5. The quantitative estimate of drug-likeness (QED) is 0.102. The van der Waals surface area contributed by atoms with Crippen LogP contribution in [-0.4, -0.2) is 35.8 Å². The minimum absolute atomic E-state index is 0.101. The number of thioether (sulfide) groups is 1. The van der Waals surface area contributed by atoms with Crippen molar-refractivity contribution in [2.75, 3.05) is 12.0 Å². The number of carbonyl (C=O) groups is 4. The van der Waals surface area contributed by atoms with Crippen LogP contribution in [-0.2, 0) is 42.5 Å². The summed E-state index contributed by atoms with van der Waals surface area (Å²) in [4.78, 5) is 60.3. The maximum absolute atomic E-state index is 15.1. The maximum Gasteiger partial charge on any atom is 0.408 e. The summed E-state index contributed by atoms with van der Waals surface area (Å²) < 4.78 is 16.8. The Morgan fingerprint density at radius 3 is 2.10 bits per heavy atom. The smallest absolute Gasteiger partial charge is 0.408 e. The fourth-order valence-corrected chi connectivity index (χ4v) is 6.73. The van der Waals surface area contributed by atoms with Gasteiger partial charge in [-0.3, -0.25) is 14.4 Å². The van der Waals surface area contributed by atoms with Crippen LogP contribution in [0.25, 0.3) is 0 Å². The third kappa shape index (κ3) is 7.30. The monoisotopic (exact) mass is 700 g/mol. The minimum Gasteiger partial charge on any atom is -0.497 e. The Bertz CT molecular complexity index is 1840. The molecule has 1 aliphatic rings. The first kappa shape index (κ1) is 35.5. The molecule has 2 atom stereocenters. The second kappa shape index (κ2) is 14.4. The third-order valence-corrected chi connectivity index (χ3v) is 9.51. The zero-order valence-corrected chi connectivity index (χ0v) is 29.4. The second-order valence-corrected chi connectivity index (χ2v) is 14.1. The number of esters is 1. The van der Waals surface area contributed by atoms with Gasteiger partial charge in [-0.15, -0.1) is 0 Å². The lowest BCUT2D eigenvalue weighted by Gasteiger charge is -2.42. The first-order valence-corrected chi connectivity index (χ1v) is 16.7. The molecule has 0 spiro atoms. The molecule has 0 fully saturated rings. The van der Waals surface area contributed by atoms with Crippen LogP contribution in [0.15, 0.2) is 108 Å². The van der Waals surface area contributed by atoms with Gasteiger partial charge in [0.2, 0.25) is 5.12 Å². The lowest BCUT2D eigenvalue weighted by atomic mass is 9.67. The van der Waals surface area contributed by atoms with Gasteiger partial charge in [0, 0.05) is 15.5 Å². The number of amides is 2. The average molecular weight is 701 g/mol. The summed E-state index contributed by atoms with van der Waals surface area (Å²) >= 11 is 6.86. The lowest BCUT2D eigenvalue weighted by Crippen LogP contribution is -2.67. The number of fused-ring (bicyclic) bond motifs is 1. The van der Waals surface area contributed by atoms with E-state index in [-0.39, 0.29) is 18.7 Å². The summed E-state index contributed by atoms with van der Waals surface area (Å²) in [5, 5.41) is 2.47. The highest BCUT2D eigenvalue weighted by molar-refractivity contribution is 8.13. The van der Waals surface area contributed by atoms with Crippen molar-refractivity contribution in [1.29, 1.82) is 0 Å². The molecule has 11 heteroatoms. The Hall–Kier alpha value is -4.80. The highest BCUT2D eigenvalue weighted by atomic mass is 35.5. The highest BCUT2D eigenvalue weighted by Gasteiger charge is 2.70. The predicted molar refractivity (Wildman–Crippen MR) is 188 cm³/mol. The topological polar surface area (TPSA) is 111 Å². The van der Waals surface area contributed by atoms with E-state index in [9.17, 15) is 14.4 Å². The van der Waals surface area contributed by atoms with E-state index in [1.807, 2.05) is 30.3 Å². The predicted octanol–water partition coefficient (Wildman–Crippen LogP) is 7.68. The van der Waals surface area contributed by atoms with E-state index in [0.29, 0.717) is 26.9 Å². The summed E-state index contributed by atoms with van der Waals surface area (Å²) in [5.41, 5.74) is -3.50. The molecule has 0 aliphatic carbocycles. The number of ether oxygens (including phenoxy) is 3. The number of hydrogen-bond donors (Lipinski definition) is 1. The molecule has 4 aromatic carbocycles. The maximum atomic E-state index is 15.1. The van der Waals surface area contributed by atoms with Crippen LogP contribution in [0.2, 0.25) is 5.02 Å². The number of para-hydroxylation sites is 1. The van der Waals surface area contributed by atoms with Crippen molar-refractivity contribution in [1.82, 2.24) is 5.32 Å². The Labute approximate surface area is 294 Å². The van der Waals surface area contributed by atoms with Gasteiger partial charge in [-0.25, -0.2) is 4.79 Å². The molecule has 1 aliphatic heterocycles. The van der Waals surface area contributed by atoms with Crippen molar-refractivity contribution >= 4 is 52.1 Å². The Kier molecular flexibility index (Phi) is 10.4. The molecular formula is C38H37ClN2O7S. The Morgan fingerprint density at radius 2 is 1.47 bits per heavy atom. The molecule has 2 amide bonds. The zero-order chi connectivity index (χ0) is 35.4. The number of benzene rings is 4. The molecule has 0 saturated heterocycles. The van der Waals surface area contributed by atoms with Crippen LogP contribution < -0.4 is 15.0 Å². The standard InChI is InChI=1S/C38H37ClN2O7S/c1-36(2,3)48-35(45)40-38(30-13-9-10-14-31(30)41(32(38)42)23-25-11-7-6-8-12-25)37(4,34(44)49-29-21-17-27(39)18-22-29)33(43)47-24-26-15-19-28(46-5)20-16-26/h6-22H,23-24H2,1-5H3,(H,40,45). The molecule has 1 heterocycles. The number of anilines is 1. The number of nitrogens with zero attached hydrogens (tertiary/aromatic N) is 1. The first-order chi connectivity index (χ1) is 23.3. The van der Waals surface area contributed by atoms with E-state index in [0.717, 1.165) is 17.3 Å². The minimum atomic E-state index is -2.33. The van der Waals surface area contributed by atoms with Gasteiger partial charge < -0.3 is 24.4 Å². The fraction of sp³-hybridized carbons (Fsp3) is 0.263. The molecule has 5 rings (SSSR count). The van der Waals surface area contributed by atoms with Crippen molar-refractivity contribution < 1.29 is 33.4 Å². The molecule has 0 aromatic heterocycles. The fourth-order valence-electron chi connectivity index (χ4n) is 5.68. The summed E-state index contributed by atoms with van der Waals surface area (Å²) in [5.74, 6) is -1.10. The molecule has 2 unspecified atom stereocenters. The Balaban J connectivity index is 1.68. The van der Waals surface area contributed by atoms with Crippen LogP contribution in [0.3, 0.4) is 0 Å². The van der Waals surface area contributed by atoms with Gasteiger partial charge in [0.25, 0.3) is 5.91 Å². The molecule has 254 valence electrons. The molecule has 0 saturated carbocycles. The van der Waals surface area contributed by atoms with E-state index in [1.165, 1.54) is 11.8 Å². The number of halogens is 1.